The average molecular weight is 402 g/mol. The van der Waals surface area contributed by atoms with Crippen LogP contribution in [0.1, 0.15) is 46.3 Å². The van der Waals surface area contributed by atoms with E-state index in [9.17, 15) is 9.59 Å². The summed E-state index contributed by atoms with van der Waals surface area (Å²) in [5, 5.41) is 5.31. The molecule has 8 heteroatoms. The normalized spacial score (nSPS) is 13.2. The number of anilines is 1. The van der Waals surface area contributed by atoms with Crippen molar-refractivity contribution in [3.05, 3.63) is 45.5 Å². The maximum atomic E-state index is 12.8. The zero-order valence-electron chi connectivity index (χ0n) is 14.7. The number of oxazole rings is 1. The molecule has 1 aliphatic rings. The second-order valence-electron chi connectivity index (χ2n) is 6.29. The Bertz CT molecular complexity index is 972. The fourth-order valence-corrected chi connectivity index (χ4v) is 5.11. The van der Waals surface area contributed by atoms with Gasteiger partial charge in [-0.15, -0.1) is 22.7 Å². The highest BCUT2D eigenvalue weighted by Crippen LogP contribution is 2.38. The van der Waals surface area contributed by atoms with Crippen LogP contribution in [0.2, 0.25) is 0 Å². The summed E-state index contributed by atoms with van der Waals surface area (Å²) in [6.07, 6.45) is 5.42. The second kappa shape index (κ2) is 7.66. The number of hydrogen-bond donors (Lipinski definition) is 1. The number of amides is 1. The molecular formula is C19H18N2O4S2. The first kappa shape index (κ1) is 17.9. The van der Waals surface area contributed by atoms with E-state index in [1.807, 2.05) is 17.5 Å². The first-order chi connectivity index (χ1) is 13.1. The van der Waals surface area contributed by atoms with Gasteiger partial charge in [-0.2, -0.15) is 0 Å². The molecule has 3 aromatic rings. The molecule has 0 spiro atoms. The van der Waals surface area contributed by atoms with Crippen LogP contribution in [0.3, 0.4) is 0 Å². The van der Waals surface area contributed by atoms with E-state index < -0.39 is 5.97 Å². The summed E-state index contributed by atoms with van der Waals surface area (Å²) in [6, 6.07) is 3.84. The van der Waals surface area contributed by atoms with E-state index in [0.29, 0.717) is 22.1 Å². The molecule has 4 rings (SSSR count). The predicted molar refractivity (Wildman–Crippen MR) is 104 cm³/mol. The number of rotatable bonds is 5. The molecule has 140 valence electrons. The quantitative estimate of drug-likeness (QED) is 0.628. The number of esters is 1. The Morgan fingerprint density at radius 3 is 2.96 bits per heavy atom. The van der Waals surface area contributed by atoms with Gasteiger partial charge in [-0.3, -0.25) is 4.79 Å². The topological polar surface area (TPSA) is 81.4 Å². The van der Waals surface area contributed by atoms with Crippen LogP contribution in [0.5, 0.6) is 0 Å². The number of aromatic nitrogens is 1. The second-order valence-corrected chi connectivity index (χ2v) is 8.35. The van der Waals surface area contributed by atoms with Gasteiger partial charge >= 0.3 is 5.97 Å². The SMILES string of the molecule is CC(=O)Nc1sc2c(c1C(=O)OCc1coc(-c3cccs3)n1)CCCC2. The van der Waals surface area contributed by atoms with Gasteiger partial charge in [0, 0.05) is 11.8 Å². The fourth-order valence-electron chi connectivity index (χ4n) is 3.13. The molecule has 0 saturated carbocycles. The van der Waals surface area contributed by atoms with Crippen LogP contribution in [-0.2, 0) is 29.0 Å². The summed E-state index contributed by atoms with van der Waals surface area (Å²) >= 11 is 3.01. The van der Waals surface area contributed by atoms with Crippen molar-refractivity contribution >= 4 is 39.6 Å². The molecule has 0 bridgehead atoms. The molecule has 3 aromatic heterocycles. The first-order valence-corrected chi connectivity index (χ1v) is 10.4. The third kappa shape index (κ3) is 3.81. The smallest absolute Gasteiger partial charge is 0.341 e. The van der Waals surface area contributed by atoms with Gasteiger partial charge in [0.05, 0.1) is 10.4 Å². The van der Waals surface area contributed by atoms with Crippen LogP contribution in [0, 0.1) is 0 Å². The Kier molecular flexibility index (Phi) is 5.09. The number of nitrogens with one attached hydrogen (secondary N) is 1. The number of carbonyl (C=O) groups excluding carboxylic acids is 2. The predicted octanol–water partition coefficient (Wildman–Crippen LogP) is 4.66. The Balaban J connectivity index is 1.51. The Labute approximate surface area is 164 Å². The first-order valence-electron chi connectivity index (χ1n) is 8.69. The van der Waals surface area contributed by atoms with Gasteiger partial charge in [0.25, 0.3) is 0 Å². The van der Waals surface area contributed by atoms with E-state index in [2.05, 4.69) is 10.3 Å². The molecule has 27 heavy (non-hydrogen) atoms. The maximum absolute atomic E-state index is 12.8. The fraction of sp³-hybridized carbons (Fsp3) is 0.316. The molecule has 0 fully saturated rings. The maximum Gasteiger partial charge on any atom is 0.341 e. The molecule has 6 nitrogen and oxygen atoms in total. The van der Waals surface area contributed by atoms with Crippen molar-refractivity contribution in [2.45, 2.75) is 39.2 Å². The molecule has 3 heterocycles. The van der Waals surface area contributed by atoms with Gasteiger partial charge in [-0.1, -0.05) is 6.07 Å². The zero-order valence-corrected chi connectivity index (χ0v) is 16.4. The zero-order chi connectivity index (χ0) is 18.8. The summed E-state index contributed by atoms with van der Waals surface area (Å²) in [5.41, 5.74) is 2.06. The van der Waals surface area contributed by atoms with E-state index >= 15 is 0 Å². The lowest BCUT2D eigenvalue weighted by Gasteiger charge is -2.12. The van der Waals surface area contributed by atoms with Crippen molar-refractivity contribution in [3.8, 4) is 10.8 Å². The Morgan fingerprint density at radius 1 is 1.33 bits per heavy atom. The Morgan fingerprint density at radius 2 is 2.19 bits per heavy atom. The van der Waals surface area contributed by atoms with Crippen molar-refractivity contribution < 1.29 is 18.7 Å². The van der Waals surface area contributed by atoms with Crippen molar-refractivity contribution in [3.63, 3.8) is 0 Å². The van der Waals surface area contributed by atoms with Crippen LogP contribution in [0.25, 0.3) is 10.8 Å². The number of hydrogen-bond acceptors (Lipinski definition) is 7. The molecular weight excluding hydrogens is 384 g/mol. The number of ether oxygens (including phenoxy) is 1. The molecule has 1 N–H and O–H groups in total. The summed E-state index contributed by atoms with van der Waals surface area (Å²) in [6.45, 7) is 1.47. The standard InChI is InChI=1S/C19H18N2O4S2/c1-11(22)20-18-16(13-5-2-3-6-14(13)27-18)19(23)25-10-12-9-24-17(21-12)15-7-4-8-26-15/h4,7-9H,2-3,5-6,10H2,1H3,(H,20,22). The number of nitrogens with zero attached hydrogens (tertiary/aromatic N) is 1. The summed E-state index contributed by atoms with van der Waals surface area (Å²) in [4.78, 5) is 30.7. The van der Waals surface area contributed by atoms with Crippen molar-refractivity contribution in [1.29, 1.82) is 0 Å². The Hall–Kier alpha value is -2.45. The lowest BCUT2D eigenvalue weighted by molar-refractivity contribution is -0.114. The van der Waals surface area contributed by atoms with E-state index in [0.717, 1.165) is 36.1 Å². The highest BCUT2D eigenvalue weighted by molar-refractivity contribution is 7.17. The van der Waals surface area contributed by atoms with Crippen LogP contribution in [0.15, 0.2) is 28.2 Å². The van der Waals surface area contributed by atoms with E-state index in [-0.39, 0.29) is 12.5 Å². The molecule has 0 atom stereocenters. The van der Waals surface area contributed by atoms with Gasteiger partial charge in [-0.05, 0) is 42.7 Å². The summed E-state index contributed by atoms with van der Waals surface area (Å²) < 4.78 is 10.9. The highest BCUT2D eigenvalue weighted by Gasteiger charge is 2.27. The van der Waals surface area contributed by atoms with Gasteiger partial charge in [0.1, 0.15) is 23.6 Å². The number of aryl methyl sites for hydroxylation is 1. The van der Waals surface area contributed by atoms with Gasteiger partial charge < -0.3 is 14.5 Å². The minimum Gasteiger partial charge on any atom is -0.455 e. The minimum absolute atomic E-state index is 0.0256. The largest absolute Gasteiger partial charge is 0.455 e. The van der Waals surface area contributed by atoms with Crippen molar-refractivity contribution in [1.82, 2.24) is 4.98 Å². The molecule has 0 aromatic carbocycles. The monoisotopic (exact) mass is 402 g/mol. The van der Waals surface area contributed by atoms with Crippen molar-refractivity contribution in [2.75, 3.05) is 5.32 Å². The number of thiophene rings is 2. The number of carbonyl (C=O) groups is 2. The van der Waals surface area contributed by atoms with Crippen LogP contribution < -0.4 is 5.32 Å². The summed E-state index contributed by atoms with van der Waals surface area (Å²) in [5.74, 6) is -0.110. The van der Waals surface area contributed by atoms with Gasteiger partial charge in [0.15, 0.2) is 0 Å². The molecule has 0 aliphatic heterocycles. The van der Waals surface area contributed by atoms with E-state index in [1.165, 1.54) is 40.7 Å². The van der Waals surface area contributed by atoms with E-state index in [4.69, 9.17) is 9.15 Å². The van der Waals surface area contributed by atoms with Crippen LogP contribution in [0.4, 0.5) is 5.00 Å². The molecule has 0 unspecified atom stereocenters. The molecule has 1 amide bonds. The molecule has 0 saturated heterocycles. The lowest BCUT2D eigenvalue weighted by atomic mass is 9.95. The van der Waals surface area contributed by atoms with Gasteiger partial charge in [-0.25, -0.2) is 9.78 Å². The van der Waals surface area contributed by atoms with Crippen LogP contribution in [-0.4, -0.2) is 16.9 Å². The van der Waals surface area contributed by atoms with E-state index in [1.54, 1.807) is 0 Å². The summed E-state index contributed by atoms with van der Waals surface area (Å²) in [7, 11) is 0. The highest BCUT2D eigenvalue weighted by atomic mass is 32.1. The minimum atomic E-state index is -0.432. The van der Waals surface area contributed by atoms with Gasteiger partial charge in [0.2, 0.25) is 11.8 Å². The average Bonchev–Trinajstić information content (AvgIpc) is 3.37. The lowest BCUT2D eigenvalue weighted by Crippen LogP contribution is -2.13. The third-order valence-corrected chi connectivity index (χ3v) is 6.36. The number of fused-ring (bicyclic) bond motifs is 1. The van der Waals surface area contributed by atoms with Crippen molar-refractivity contribution in [2.24, 2.45) is 0 Å². The third-order valence-electron chi connectivity index (χ3n) is 4.30. The molecule has 0 radical (unpaired) electrons. The molecule has 1 aliphatic carbocycles. The van der Waals surface area contributed by atoms with Crippen LogP contribution >= 0.6 is 22.7 Å².